The van der Waals surface area contributed by atoms with Crippen molar-refractivity contribution in [2.75, 3.05) is 0 Å². The molecular formula is C23H14ClN3O3. The van der Waals surface area contributed by atoms with E-state index in [0.717, 1.165) is 15.3 Å². The van der Waals surface area contributed by atoms with Crippen molar-refractivity contribution >= 4 is 33.3 Å². The first kappa shape index (κ1) is 18.1. The van der Waals surface area contributed by atoms with Crippen LogP contribution in [0.1, 0.15) is 0 Å². The van der Waals surface area contributed by atoms with Crippen LogP contribution in [0.15, 0.2) is 82.6 Å². The van der Waals surface area contributed by atoms with E-state index in [4.69, 9.17) is 11.6 Å². The van der Waals surface area contributed by atoms with E-state index in [9.17, 15) is 14.7 Å². The number of aromatic nitrogens is 3. The van der Waals surface area contributed by atoms with Gasteiger partial charge in [-0.3, -0.25) is 9.78 Å². The summed E-state index contributed by atoms with van der Waals surface area (Å²) >= 11 is 6.23. The number of aromatic hydroxyl groups is 1. The topological polar surface area (TPSA) is 88.0 Å². The molecule has 0 saturated carbocycles. The Kier molecular flexibility index (Phi) is 4.15. The van der Waals surface area contributed by atoms with Crippen molar-refractivity contribution in [2.24, 2.45) is 0 Å². The van der Waals surface area contributed by atoms with Gasteiger partial charge in [-0.05, 0) is 29.8 Å². The zero-order chi connectivity index (χ0) is 20.8. The van der Waals surface area contributed by atoms with E-state index in [1.165, 1.54) is 12.3 Å². The van der Waals surface area contributed by atoms with Crippen LogP contribution in [0.3, 0.4) is 0 Å². The number of hydrogen-bond donors (Lipinski definition) is 2. The number of nitrogens with one attached hydrogen (secondary N) is 1. The van der Waals surface area contributed by atoms with Crippen molar-refractivity contribution in [3.63, 3.8) is 0 Å². The lowest BCUT2D eigenvalue weighted by Gasteiger charge is -2.11. The van der Waals surface area contributed by atoms with E-state index in [-0.39, 0.29) is 5.75 Å². The van der Waals surface area contributed by atoms with Crippen LogP contribution in [0.5, 0.6) is 5.75 Å². The predicted molar refractivity (Wildman–Crippen MR) is 118 cm³/mol. The number of benzene rings is 3. The Bertz CT molecular complexity index is 1540. The van der Waals surface area contributed by atoms with Crippen molar-refractivity contribution in [3.8, 4) is 22.6 Å². The highest BCUT2D eigenvalue weighted by atomic mass is 35.5. The van der Waals surface area contributed by atoms with Crippen LogP contribution in [-0.2, 0) is 0 Å². The smallest absolute Gasteiger partial charge is 0.333 e. The molecule has 0 unspecified atom stereocenters. The van der Waals surface area contributed by atoms with Crippen molar-refractivity contribution in [3.05, 3.63) is 98.9 Å². The third-order valence-electron chi connectivity index (χ3n) is 5.07. The quantitative estimate of drug-likeness (QED) is 0.451. The molecule has 0 aliphatic rings. The van der Waals surface area contributed by atoms with Gasteiger partial charge in [0.1, 0.15) is 5.75 Å². The van der Waals surface area contributed by atoms with E-state index in [0.29, 0.717) is 32.7 Å². The van der Waals surface area contributed by atoms with E-state index in [1.54, 1.807) is 36.5 Å². The number of halogens is 1. The van der Waals surface area contributed by atoms with Crippen molar-refractivity contribution in [1.82, 2.24) is 14.5 Å². The maximum absolute atomic E-state index is 13.2. The number of phenolic OH excluding ortho intramolecular Hbond substituents is 1. The van der Waals surface area contributed by atoms with Crippen molar-refractivity contribution in [2.45, 2.75) is 0 Å². The molecule has 146 valence electrons. The first-order valence-corrected chi connectivity index (χ1v) is 9.52. The minimum atomic E-state index is -0.578. The number of rotatable bonds is 2. The molecule has 0 aliphatic heterocycles. The van der Waals surface area contributed by atoms with Crippen LogP contribution in [0.2, 0.25) is 5.02 Å². The molecule has 5 aromatic rings. The van der Waals surface area contributed by atoms with Gasteiger partial charge in [-0.15, -0.1) is 0 Å². The number of pyridine rings is 1. The van der Waals surface area contributed by atoms with Gasteiger partial charge in [0.15, 0.2) is 0 Å². The van der Waals surface area contributed by atoms with Gasteiger partial charge >= 0.3 is 5.69 Å². The molecule has 0 aliphatic carbocycles. The summed E-state index contributed by atoms with van der Waals surface area (Å²) in [4.78, 5) is 33.0. The molecule has 6 nitrogen and oxygen atoms in total. The molecular weight excluding hydrogens is 402 g/mol. The molecule has 0 amide bonds. The van der Waals surface area contributed by atoms with E-state index < -0.39 is 11.2 Å². The zero-order valence-corrected chi connectivity index (χ0v) is 16.2. The maximum atomic E-state index is 13.2. The molecule has 2 aromatic heterocycles. The summed E-state index contributed by atoms with van der Waals surface area (Å²) in [5, 5.41) is 12.5. The molecule has 0 radical (unpaired) electrons. The van der Waals surface area contributed by atoms with E-state index in [1.807, 2.05) is 24.3 Å². The van der Waals surface area contributed by atoms with Gasteiger partial charge in [-0.2, -0.15) is 0 Å². The monoisotopic (exact) mass is 415 g/mol. The van der Waals surface area contributed by atoms with Gasteiger partial charge in [0.05, 0.1) is 27.8 Å². The van der Waals surface area contributed by atoms with E-state index >= 15 is 0 Å². The SMILES string of the molecule is O=c1[nH]c2cc(-c3c(O)cccc3Cl)ccc2c(=O)n1-c1cncc2ccccc12. The minimum Gasteiger partial charge on any atom is -0.507 e. The molecule has 0 saturated heterocycles. The Hall–Kier alpha value is -3.90. The Morgan fingerprint density at radius 2 is 1.77 bits per heavy atom. The maximum Gasteiger partial charge on any atom is 0.333 e. The first-order valence-electron chi connectivity index (χ1n) is 9.14. The summed E-state index contributed by atoms with van der Waals surface area (Å²) in [6.45, 7) is 0. The van der Waals surface area contributed by atoms with Crippen LogP contribution < -0.4 is 11.2 Å². The van der Waals surface area contributed by atoms with E-state index in [2.05, 4.69) is 9.97 Å². The standard InChI is InChI=1S/C23H14ClN3O3/c24-17-6-3-7-20(28)21(17)13-8-9-16-18(10-13)26-23(30)27(22(16)29)19-12-25-11-14-4-1-2-5-15(14)19/h1-12,28H,(H,26,30). The molecule has 30 heavy (non-hydrogen) atoms. The summed E-state index contributed by atoms with van der Waals surface area (Å²) in [6, 6.07) is 17.2. The third-order valence-corrected chi connectivity index (χ3v) is 5.38. The van der Waals surface area contributed by atoms with Crippen LogP contribution >= 0.6 is 11.6 Å². The van der Waals surface area contributed by atoms with Gasteiger partial charge in [0, 0.05) is 22.5 Å². The number of fused-ring (bicyclic) bond motifs is 2. The Balaban J connectivity index is 1.78. The average molecular weight is 416 g/mol. The molecule has 3 aromatic carbocycles. The normalized spacial score (nSPS) is 11.2. The molecule has 0 fully saturated rings. The number of phenols is 1. The zero-order valence-electron chi connectivity index (χ0n) is 15.5. The molecule has 2 heterocycles. The fourth-order valence-electron chi connectivity index (χ4n) is 3.67. The van der Waals surface area contributed by atoms with Gasteiger partial charge in [0.25, 0.3) is 5.56 Å². The van der Waals surface area contributed by atoms with Crippen molar-refractivity contribution in [1.29, 1.82) is 0 Å². The van der Waals surface area contributed by atoms with Gasteiger partial charge < -0.3 is 10.1 Å². The molecule has 2 N–H and O–H groups in total. The van der Waals surface area contributed by atoms with Crippen LogP contribution in [0.25, 0.3) is 38.5 Å². The molecule has 0 bridgehead atoms. The Morgan fingerprint density at radius 3 is 2.60 bits per heavy atom. The number of aromatic amines is 1. The Labute approximate surface area is 174 Å². The van der Waals surface area contributed by atoms with Gasteiger partial charge in [0.2, 0.25) is 0 Å². The third kappa shape index (κ3) is 2.77. The average Bonchev–Trinajstić information content (AvgIpc) is 2.73. The molecule has 5 rings (SSSR count). The Morgan fingerprint density at radius 1 is 0.933 bits per heavy atom. The second-order valence-electron chi connectivity index (χ2n) is 6.84. The summed E-state index contributed by atoms with van der Waals surface area (Å²) in [6.07, 6.45) is 3.18. The largest absolute Gasteiger partial charge is 0.507 e. The van der Waals surface area contributed by atoms with Crippen LogP contribution in [0, 0.1) is 0 Å². The summed E-state index contributed by atoms with van der Waals surface area (Å²) in [5.41, 5.74) is 0.753. The highest BCUT2D eigenvalue weighted by Crippen LogP contribution is 2.36. The lowest BCUT2D eigenvalue weighted by Crippen LogP contribution is -2.33. The number of nitrogens with zero attached hydrogens (tertiary/aromatic N) is 2. The highest BCUT2D eigenvalue weighted by Gasteiger charge is 2.15. The summed E-state index contributed by atoms with van der Waals surface area (Å²) in [5.74, 6) is 0.0133. The van der Waals surface area contributed by atoms with Gasteiger partial charge in [-0.1, -0.05) is 48.0 Å². The van der Waals surface area contributed by atoms with Crippen molar-refractivity contribution < 1.29 is 5.11 Å². The number of hydrogen-bond acceptors (Lipinski definition) is 4. The second kappa shape index (κ2) is 6.86. The first-order chi connectivity index (χ1) is 14.5. The lowest BCUT2D eigenvalue weighted by atomic mass is 10.0. The number of H-pyrrole nitrogens is 1. The van der Waals surface area contributed by atoms with Crippen LogP contribution in [-0.4, -0.2) is 19.6 Å². The summed E-state index contributed by atoms with van der Waals surface area (Å²) in [7, 11) is 0. The van der Waals surface area contributed by atoms with Crippen LogP contribution in [0.4, 0.5) is 0 Å². The molecule has 7 heteroatoms. The fraction of sp³-hybridized carbons (Fsp3) is 0. The minimum absolute atomic E-state index is 0.0133. The van der Waals surface area contributed by atoms with Gasteiger partial charge in [-0.25, -0.2) is 9.36 Å². The second-order valence-corrected chi connectivity index (χ2v) is 7.25. The molecule has 0 atom stereocenters. The fourth-order valence-corrected chi connectivity index (χ4v) is 3.95. The summed E-state index contributed by atoms with van der Waals surface area (Å²) < 4.78 is 1.09. The molecule has 0 spiro atoms. The highest BCUT2D eigenvalue weighted by molar-refractivity contribution is 6.33. The lowest BCUT2D eigenvalue weighted by molar-refractivity contribution is 0.477. The predicted octanol–water partition coefficient (Wildman–Crippen LogP) is 4.25.